The topological polar surface area (TPSA) is 46.2 Å². The summed E-state index contributed by atoms with van der Waals surface area (Å²) in [7, 11) is -1.90. The lowest BCUT2D eigenvalue weighted by Crippen LogP contribution is -2.22. The molecule has 3 nitrogen and oxygen atoms in total. The number of benzene rings is 1. The van der Waals surface area contributed by atoms with Crippen LogP contribution < -0.4 is 5.32 Å². The van der Waals surface area contributed by atoms with Crippen LogP contribution in [-0.2, 0) is 16.0 Å². The summed E-state index contributed by atoms with van der Waals surface area (Å²) < 4.78 is 61.7. The van der Waals surface area contributed by atoms with Crippen LogP contribution in [0.1, 0.15) is 25.3 Å². The first-order chi connectivity index (χ1) is 9.16. The molecule has 7 heteroatoms. The number of alkyl halides is 3. The van der Waals surface area contributed by atoms with Gasteiger partial charge in [0.15, 0.2) is 9.84 Å². The third-order valence-corrected chi connectivity index (χ3v) is 4.86. The van der Waals surface area contributed by atoms with Crippen molar-refractivity contribution < 1.29 is 21.6 Å². The van der Waals surface area contributed by atoms with Gasteiger partial charge in [0.2, 0.25) is 0 Å². The van der Waals surface area contributed by atoms with Gasteiger partial charge in [-0.3, -0.25) is 0 Å². The first-order valence-corrected chi connectivity index (χ1v) is 7.89. The zero-order valence-electron chi connectivity index (χ0n) is 11.4. The highest BCUT2D eigenvalue weighted by Crippen LogP contribution is 2.30. The molecule has 0 bridgehead atoms. The van der Waals surface area contributed by atoms with E-state index in [1.165, 1.54) is 6.07 Å². The number of halogens is 3. The molecule has 0 aliphatic rings. The van der Waals surface area contributed by atoms with E-state index in [-0.39, 0.29) is 16.7 Å². The van der Waals surface area contributed by atoms with Gasteiger partial charge in [0.05, 0.1) is 16.2 Å². The van der Waals surface area contributed by atoms with E-state index in [1.807, 2.05) is 6.92 Å². The van der Waals surface area contributed by atoms with Crippen molar-refractivity contribution in [1.82, 2.24) is 5.32 Å². The maximum atomic E-state index is 12.6. The number of rotatable bonds is 6. The average Bonchev–Trinajstić information content (AvgIpc) is 2.37. The van der Waals surface area contributed by atoms with Crippen molar-refractivity contribution in [3.8, 4) is 0 Å². The Labute approximate surface area is 117 Å². The van der Waals surface area contributed by atoms with Gasteiger partial charge in [-0.1, -0.05) is 6.07 Å². The maximum Gasteiger partial charge on any atom is 0.416 e. The molecule has 0 aromatic heterocycles. The van der Waals surface area contributed by atoms with Gasteiger partial charge in [-0.05, 0) is 45.0 Å². The van der Waals surface area contributed by atoms with Crippen molar-refractivity contribution in [2.45, 2.75) is 36.9 Å². The summed E-state index contributed by atoms with van der Waals surface area (Å²) >= 11 is 0. The van der Waals surface area contributed by atoms with E-state index >= 15 is 0 Å². The Bertz CT molecular complexity index is 541. The van der Waals surface area contributed by atoms with E-state index in [2.05, 4.69) is 5.32 Å². The van der Waals surface area contributed by atoms with Crippen LogP contribution in [0.5, 0.6) is 0 Å². The van der Waals surface area contributed by atoms with E-state index in [4.69, 9.17) is 0 Å². The number of hydrogen-bond donors (Lipinski definition) is 1. The van der Waals surface area contributed by atoms with Gasteiger partial charge in [0.1, 0.15) is 0 Å². The van der Waals surface area contributed by atoms with Gasteiger partial charge >= 0.3 is 6.18 Å². The first-order valence-electron chi connectivity index (χ1n) is 6.24. The zero-order valence-corrected chi connectivity index (χ0v) is 12.2. The highest BCUT2D eigenvalue weighted by molar-refractivity contribution is 7.91. The van der Waals surface area contributed by atoms with Gasteiger partial charge in [-0.15, -0.1) is 0 Å². The summed E-state index contributed by atoms with van der Waals surface area (Å²) in [6.07, 6.45) is -3.48. The van der Waals surface area contributed by atoms with Crippen LogP contribution in [0.3, 0.4) is 0 Å². The van der Waals surface area contributed by atoms with Crippen molar-refractivity contribution in [2.24, 2.45) is 0 Å². The van der Waals surface area contributed by atoms with Crippen LogP contribution in [0.25, 0.3) is 0 Å². The second kappa shape index (κ2) is 6.58. The molecular formula is C13H18F3NO2S. The molecule has 0 amide bonds. The highest BCUT2D eigenvalue weighted by atomic mass is 32.2. The molecule has 0 saturated carbocycles. The maximum absolute atomic E-state index is 12.6. The standard InChI is InChI=1S/C13H18F3NO2S/c1-10(17-2)5-4-8-20(18,19)12-7-3-6-11(9-12)13(14,15)16/h3,6-7,9-10,17H,4-5,8H2,1-2H3. The molecule has 1 aromatic rings. The molecule has 1 N–H and O–H groups in total. The molecule has 1 aromatic carbocycles. The van der Waals surface area contributed by atoms with Crippen molar-refractivity contribution in [2.75, 3.05) is 12.8 Å². The smallest absolute Gasteiger partial charge is 0.317 e. The molecule has 114 valence electrons. The van der Waals surface area contributed by atoms with Crippen LogP contribution in [0, 0.1) is 0 Å². The minimum Gasteiger partial charge on any atom is -0.317 e. The highest BCUT2D eigenvalue weighted by Gasteiger charge is 2.31. The Kier molecular flexibility index (Phi) is 5.59. The molecule has 0 saturated heterocycles. The molecule has 0 aliphatic carbocycles. The summed E-state index contributed by atoms with van der Waals surface area (Å²) in [6.45, 7) is 1.91. The van der Waals surface area contributed by atoms with Crippen molar-refractivity contribution in [1.29, 1.82) is 0 Å². The molecule has 20 heavy (non-hydrogen) atoms. The molecule has 0 heterocycles. The third kappa shape index (κ3) is 4.79. The normalized spacial score (nSPS) is 14.2. The van der Waals surface area contributed by atoms with Crippen molar-refractivity contribution in [3.05, 3.63) is 29.8 Å². The van der Waals surface area contributed by atoms with Crippen molar-refractivity contribution >= 4 is 9.84 Å². The second-order valence-corrected chi connectivity index (χ2v) is 6.79. The lowest BCUT2D eigenvalue weighted by Gasteiger charge is -2.11. The molecule has 0 spiro atoms. The molecule has 1 rings (SSSR count). The lowest BCUT2D eigenvalue weighted by molar-refractivity contribution is -0.137. The van der Waals surface area contributed by atoms with Gasteiger partial charge < -0.3 is 5.32 Å². The second-order valence-electron chi connectivity index (χ2n) is 4.68. The predicted octanol–water partition coefficient (Wildman–Crippen LogP) is 2.87. The summed E-state index contributed by atoms with van der Waals surface area (Å²) in [4.78, 5) is -0.274. The summed E-state index contributed by atoms with van der Waals surface area (Å²) in [5.74, 6) is -0.152. The van der Waals surface area contributed by atoms with Crippen LogP contribution in [0.2, 0.25) is 0 Å². The van der Waals surface area contributed by atoms with Crippen molar-refractivity contribution in [3.63, 3.8) is 0 Å². The minimum absolute atomic E-state index is 0.152. The van der Waals surface area contributed by atoms with E-state index in [0.717, 1.165) is 12.1 Å². The Morgan fingerprint density at radius 3 is 2.50 bits per heavy atom. The SMILES string of the molecule is CNC(C)CCCS(=O)(=O)c1cccc(C(F)(F)F)c1. The van der Waals surface area contributed by atoms with Gasteiger partial charge in [-0.2, -0.15) is 13.2 Å². The van der Waals surface area contributed by atoms with Gasteiger partial charge in [-0.25, -0.2) is 8.42 Å². The van der Waals surface area contributed by atoms with Crippen LogP contribution in [-0.4, -0.2) is 27.3 Å². The molecule has 1 unspecified atom stereocenters. The summed E-state index contributed by atoms with van der Waals surface area (Å²) in [5.41, 5.74) is -0.942. The number of sulfone groups is 1. The van der Waals surface area contributed by atoms with Crippen LogP contribution in [0.15, 0.2) is 29.2 Å². The quantitative estimate of drug-likeness (QED) is 0.879. The summed E-state index contributed by atoms with van der Waals surface area (Å²) in [5, 5.41) is 2.98. The third-order valence-electron chi connectivity index (χ3n) is 3.06. The monoisotopic (exact) mass is 309 g/mol. The predicted molar refractivity (Wildman–Crippen MR) is 71.3 cm³/mol. The fraction of sp³-hybridized carbons (Fsp3) is 0.538. The lowest BCUT2D eigenvalue weighted by atomic mass is 10.2. The largest absolute Gasteiger partial charge is 0.416 e. The van der Waals surface area contributed by atoms with E-state index in [9.17, 15) is 21.6 Å². The van der Waals surface area contributed by atoms with Crippen LogP contribution in [0.4, 0.5) is 13.2 Å². The van der Waals surface area contributed by atoms with E-state index in [0.29, 0.717) is 18.9 Å². The molecule has 1 atom stereocenters. The fourth-order valence-electron chi connectivity index (χ4n) is 1.71. The molecule has 0 aliphatic heterocycles. The Morgan fingerprint density at radius 1 is 1.30 bits per heavy atom. The van der Waals surface area contributed by atoms with E-state index in [1.54, 1.807) is 7.05 Å². The Morgan fingerprint density at radius 2 is 1.95 bits per heavy atom. The number of nitrogens with one attached hydrogen (secondary N) is 1. The van der Waals surface area contributed by atoms with Crippen LogP contribution >= 0.6 is 0 Å². The molecular weight excluding hydrogens is 291 g/mol. The zero-order chi connectivity index (χ0) is 15.4. The first kappa shape index (κ1) is 17.0. The Balaban J connectivity index is 2.83. The minimum atomic E-state index is -4.54. The van der Waals surface area contributed by atoms with E-state index < -0.39 is 21.6 Å². The fourth-order valence-corrected chi connectivity index (χ4v) is 3.08. The van der Waals surface area contributed by atoms with Gasteiger partial charge in [0.25, 0.3) is 0 Å². The summed E-state index contributed by atoms with van der Waals surface area (Å²) in [6, 6.07) is 4.04. The number of hydrogen-bond acceptors (Lipinski definition) is 3. The van der Waals surface area contributed by atoms with Gasteiger partial charge in [0, 0.05) is 6.04 Å². The molecule has 0 radical (unpaired) electrons. The Hall–Kier alpha value is -1.08. The molecule has 0 fully saturated rings. The average molecular weight is 309 g/mol.